The molecule has 19 heavy (non-hydrogen) atoms. The topological polar surface area (TPSA) is 42.7 Å². The van der Waals surface area contributed by atoms with Crippen LogP contribution in [0.25, 0.3) is 0 Å². The summed E-state index contributed by atoms with van der Waals surface area (Å²) in [6.07, 6.45) is 3.84. The second-order valence-electron chi connectivity index (χ2n) is 5.31. The minimum absolute atomic E-state index is 0.514. The summed E-state index contributed by atoms with van der Waals surface area (Å²) in [5.74, 6) is 1.66. The van der Waals surface area contributed by atoms with Crippen LogP contribution in [0.4, 0.5) is 0 Å². The van der Waals surface area contributed by atoms with Crippen LogP contribution in [0.15, 0.2) is 36.7 Å². The number of nitrogens with zero attached hydrogens (tertiary/aromatic N) is 3. The lowest BCUT2D eigenvalue weighted by Crippen LogP contribution is -2.39. The van der Waals surface area contributed by atoms with Crippen molar-refractivity contribution < 1.29 is 0 Å². The first-order valence-corrected chi connectivity index (χ1v) is 6.98. The molecule has 0 amide bonds. The predicted molar refractivity (Wildman–Crippen MR) is 75.0 cm³/mol. The van der Waals surface area contributed by atoms with E-state index in [0.717, 1.165) is 31.8 Å². The van der Waals surface area contributed by atoms with E-state index < -0.39 is 0 Å². The number of fused-ring (bicyclic) bond motifs is 1. The summed E-state index contributed by atoms with van der Waals surface area (Å²) in [6, 6.07) is 11.2. The molecule has 1 N–H and O–H groups in total. The molecule has 2 aromatic rings. The minimum Gasteiger partial charge on any atom is -0.312 e. The number of benzene rings is 1. The highest BCUT2D eigenvalue weighted by atomic mass is 15.3. The first-order valence-electron chi connectivity index (χ1n) is 6.98. The van der Waals surface area contributed by atoms with Gasteiger partial charge in [0.1, 0.15) is 12.2 Å². The van der Waals surface area contributed by atoms with E-state index in [1.165, 1.54) is 5.56 Å². The monoisotopic (exact) mass is 256 g/mol. The van der Waals surface area contributed by atoms with E-state index in [4.69, 9.17) is 0 Å². The highest BCUT2D eigenvalue weighted by molar-refractivity contribution is 5.19. The van der Waals surface area contributed by atoms with Gasteiger partial charge in [0.05, 0.1) is 6.54 Å². The number of hydrogen-bond acceptors (Lipinski definition) is 3. The Morgan fingerprint density at radius 3 is 3.05 bits per heavy atom. The maximum absolute atomic E-state index is 4.26. The Morgan fingerprint density at radius 1 is 1.37 bits per heavy atom. The Balaban J connectivity index is 1.54. The van der Waals surface area contributed by atoms with Crippen LogP contribution in [0.2, 0.25) is 0 Å². The van der Waals surface area contributed by atoms with Crippen LogP contribution in [-0.2, 0) is 13.0 Å². The van der Waals surface area contributed by atoms with Crippen molar-refractivity contribution in [1.29, 1.82) is 0 Å². The molecule has 2 heterocycles. The fraction of sp³-hybridized carbons (Fsp3) is 0.467. The number of hydrogen-bond donors (Lipinski definition) is 1. The fourth-order valence-electron chi connectivity index (χ4n) is 2.65. The minimum atomic E-state index is 0.514. The molecular weight excluding hydrogens is 236 g/mol. The third kappa shape index (κ3) is 2.84. The Kier molecular flexibility index (Phi) is 3.60. The highest BCUT2D eigenvalue weighted by Gasteiger charge is 2.19. The molecule has 1 aliphatic rings. The van der Waals surface area contributed by atoms with Gasteiger partial charge in [0.2, 0.25) is 0 Å². The van der Waals surface area contributed by atoms with Crippen LogP contribution in [0.1, 0.15) is 30.7 Å². The van der Waals surface area contributed by atoms with E-state index in [-0.39, 0.29) is 0 Å². The van der Waals surface area contributed by atoms with Crippen LogP contribution >= 0.6 is 0 Å². The van der Waals surface area contributed by atoms with Crippen molar-refractivity contribution in [2.45, 2.75) is 38.3 Å². The van der Waals surface area contributed by atoms with Crippen LogP contribution in [0.3, 0.4) is 0 Å². The van der Waals surface area contributed by atoms with E-state index >= 15 is 0 Å². The molecule has 1 aromatic carbocycles. The van der Waals surface area contributed by atoms with Gasteiger partial charge in [-0.05, 0) is 17.9 Å². The van der Waals surface area contributed by atoms with Crippen molar-refractivity contribution in [3.8, 4) is 0 Å². The van der Waals surface area contributed by atoms with Crippen molar-refractivity contribution in [3.05, 3.63) is 48.0 Å². The second-order valence-corrected chi connectivity index (χ2v) is 5.31. The number of aromatic nitrogens is 3. The molecule has 2 atom stereocenters. The first-order chi connectivity index (χ1) is 9.33. The zero-order valence-corrected chi connectivity index (χ0v) is 11.3. The van der Waals surface area contributed by atoms with Crippen molar-refractivity contribution in [2.75, 3.05) is 6.54 Å². The van der Waals surface area contributed by atoms with Gasteiger partial charge >= 0.3 is 0 Å². The fourth-order valence-corrected chi connectivity index (χ4v) is 2.65. The van der Waals surface area contributed by atoms with Gasteiger partial charge < -0.3 is 5.32 Å². The van der Waals surface area contributed by atoms with Gasteiger partial charge in [-0.1, -0.05) is 37.3 Å². The molecule has 0 radical (unpaired) electrons. The van der Waals surface area contributed by atoms with Gasteiger partial charge in [0.15, 0.2) is 0 Å². The lowest BCUT2D eigenvalue weighted by Gasteiger charge is -2.25. The third-order valence-electron chi connectivity index (χ3n) is 3.89. The van der Waals surface area contributed by atoms with Crippen LogP contribution in [0.5, 0.6) is 0 Å². The van der Waals surface area contributed by atoms with Gasteiger partial charge in [-0.15, -0.1) is 0 Å². The summed E-state index contributed by atoms with van der Waals surface area (Å²) in [4.78, 5) is 4.26. The average molecular weight is 256 g/mol. The lowest BCUT2D eigenvalue weighted by molar-refractivity contribution is 0.354. The van der Waals surface area contributed by atoms with Gasteiger partial charge in [-0.25, -0.2) is 9.67 Å². The summed E-state index contributed by atoms with van der Waals surface area (Å²) in [5.41, 5.74) is 1.40. The van der Waals surface area contributed by atoms with E-state index in [2.05, 4.69) is 52.7 Å². The molecule has 4 heteroatoms. The molecule has 0 saturated heterocycles. The summed E-state index contributed by atoms with van der Waals surface area (Å²) in [5, 5.41) is 7.92. The van der Waals surface area contributed by atoms with Gasteiger partial charge in [-0.2, -0.15) is 5.10 Å². The van der Waals surface area contributed by atoms with E-state index in [9.17, 15) is 0 Å². The predicted octanol–water partition coefficient (Wildman–Crippen LogP) is 1.99. The number of rotatable bonds is 4. The standard InChI is InChI=1S/C15H20N4/c1-12(13-5-3-2-4-6-13)9-16-14-7-8-15-17-11-18-19(15)10-14/h2-6,11-12,14,16H,7-10H2,1H3/t12-,14-/m1/s1. The molecule has 0 bridgehead atoms. The second kappa shape index (κ2) is 5.53. The largest absolute Gasteiger partial charge is 0.312 e. The smallest absolute Gasteiger partial charge is 0.138 e. The molecule has 3 rings (SSSR count). The van der Waals surface area contributed by atoms with Crippen molar-refractivity contribution in [1.82, 2.24) is 20.1 Å². The molecular formula is C15H20N4. The Morgan fingerprint density at radius 2 is 2.21 bits per heavy atom. The van der Waals surface area contributed by atoms with Crippen molar-refractivity contribution in [2.24, 2.45) is 0 Å². The summed E-state index contributed by atoms with van der Waals surface area (Å²) < 4.78 is 2.02. The first kappa shape index (κ1) is 12.4. The lowest BCUT2D eigenvalue weighted by atomic mass is 10.00. The molecule has 0 spiro atoms. The molecule has 0 aliphatic carbocycles. The Hall–Kier alpha value is -1.68. The van der Waals surface area contributed by atoms with E-state index in [1.54, 1.807) is 6.33 Å². The molecule has 0 fully saturated rings. The molecule has 4 nitrogen and oxygen atoms in total. The van der Waals surface area contributed by atoms with Gasteiger partial charge in [-0.3, -0.25) is 0 Å². The van der Waals surface area contributed by atoms with Gasteiger partial charge in [0.25, 0.3) is 0 Å². The molecule has 0 saturated carbocycles. The zero-order valence-electron chi connectivity index (χ0n) is 11.3. The van der Waals surface area contributed by atoms with Crippen LogP contribution in [-0.4, -0.2) is 27.4 Å². The van der Waals surface area contributed by atoms with Crippen LogP contribution in [0, 0.1) is 0 Å². The Labute approximate surface area is 113 Å². The summed E-state index contributed by atoms with van der Waals surface area (Å²) >= 11 is 0. The highest BCUT2D eigenvalue weighted by Crippen LogP contribution is 2.15. The van der Waals surface area contributed by atoms with E-state index in [0.29, 0.717) is 12.0 Å². The number of aryl methyl sites for hydroxylation is 1. The summed E-state index contributed by atoms with van der Waals surface area (Å²) in [7, 11) is 0. The molecule has 1 aliphatic heterocycles. The molecule has 100 valence electrons. The number of nitrogens with one attached hydrogen (secondary N) is 1. The van der Waals surface area contributed by atoms with Crippen LogP contribution < -0.4 is 5.32 Å². The zero-order chi connectivity index (χ0) is 13.1. The van der Waals surface area contributed by atoms with Crippen molar-refractivity contribution >= 4 is 0 Å². The average Bonchev–Trinajstić information content (AvgIpc) is 2.93. The Bertz CT molecular complexity index is 520. The van der Waals surface area contributed by atoms with Crippen molar-refractivity contribution in [3.63, 3.8) is 0 Å². The summed E-state index contributed by atoms with van der Waals surface area (Å²) in [6.45, 7) is 4.22. The van der Waals surface area contributed by atoms with Gasteiger partial charge in [0, 0.05) is 19.0 Å². The maximum atomic E-state index is 4.26. The quantitative estimate of drug-likeness (QED) is 0.909. The third-order valence-corrected chi connectivity index (χ3v) is 3.89. The van der Waals surface area contributed by atoms with E-state index in [1.807, 2.05) is 4.68 Å². The molecule has 0 unspecified atom stereocenters. The maximum Gasteiger partial charge on any atom is 0.138 e. The molecule has 1 aromatic heterocycles. The SMILES string of the molecule is C[C@H](CN[C@@H]1CCc2ncnn2C1)c1ccccc1. The normalized spacial score (nSPS) is 19.9.